The standard InChI is InChI=1S/C10H12BrN3O3S/c1-6-2-7(4-13-10(6)11)14-5-8(3-9(14)15)18(12,16)17/h2,4,8H,3,5H2,1H3,(H2,12,16,17). The molecule has 0 spiro atoms. The summed E-state index contributed by atoms with van der Waals surface area (Å²) in [5.74, 6) is -0.252. The second-order valence-electron chi connectivity index (χ2n) is 4.22. The van der Waals surface area contributed by atoms with Gasteiger partial charge in [0.05, 0.1) is 11.9 Å². The van der Waals surface area contributed by atoms with Gasteiger partial charge < -0.3 is 4.90 Å². The summed E-state index contributed by atoms with van der Waals surface area (Å²) < 4.78 is 23.2. The number of hydrogen-bond acceptors (Lipinski definition) is 4. The van der Waals surface area contributed by atoms with Crippen molar-refractivity contribution in [2.45, 2.75) is 18.6 Å². The summed E-state index contributed by atoms with van der Waals surface area (Å²) in [4.78, 5) is 17.3. The molecule has 2 rings (SSSR count). The summed E-state index contributed by atoms with van der Waals surface area (Å²) in [6.45, 7) is 1.93. The molecule has 0 saturated carbocycles. The average Bonchev–Trinajstić information content (AvgIpc) is 2.64. The van der Waals surface area contributed by atoms with Crippen molar-refractivity contribution in [2.24, 2.45) is 5.14 Å². The quantitative estimate of drug-likeness (QED) is 0.799. The lowest BCUT2D eigenvalue weighted by Gasteiger charge is -2.16. The van der Waals surface area contributed by atoms with Gasteiger partial charge in [0, 0.05) is 13.0 Å². The first-order valence-corrected chi connectivity index (χ1v) is 7.63. The highest BCUT2D eigenvalue weighted by Crippen LogP contribution is 2.26. The average molecular weight is 334 g/mol. The number of aryl methyl sites for hydroxylation is 1. The van der Waals surface area contributed by atoms with Crippen LogP contribution in [0, 0.1) is 6.92 Å². The molecule has 1 fully saturated rings. The molecular weight excluding hydrogens is 322 g/mol. The van der Waals surface area contributed by atoms with E-state index in [-0.39, 0.29) is 18.9 Å². The van der Waals surface area contributed by atoms with Crippen molar-refractivity contribution in [3.05, 3.63) is 22.4 Å². The van der Waals surface area contributed by atoms with Crippen LogP contribution in [0.2, 0.25) is 0 Å². The Hall–Kier alpha value is -0.990. The molecular formula is C10H12BrN3O3S. The van der Waals surface area contributed by atoms with E-state index >= 15 is 0 Å². The van der Waals surface area contributed by atoms with Gasteiger partial charge in [-0.1, -0.05) is 0 Å². The molecule has 8 heteroatoms. The first kappa shape index (κ1) is 13.4. The van der Waals surface area contributed by atoms with E-state index in [1.165, 1.54) is 11.1 Å². The van der Waals surface area contributed by atoms with Crippen molar-refractivity contribution in [3.8, 4) is 0 Å². The van der Waals surface area contributed by atoms with E-state index in [0.717, 1.165) is 5.56 Å². The van der Waals surface area contributed by atoms with Crippen LogP contribution in [-0.2, 0) is 14.8 Å². The van der Waals surface area contributed by atoms with E-state index in [0.29, 0.717) is 10.3 Å². The number of nitrogens with two attached hydrogens (primary N) is 1. The zero-order valence-corrected chi connectivity index (χ0v) is 12.0. The lowest BCUT2D eigenvalue weighted by atomic mass is 10.3. The monoisotopic (exact) mass is 333 g/mol. The molecule has 98 valence electrons. The minimum atomic E-state index is -3.69. The summed E-state index contributed by atoms with van der Waals surface area (Å²) in [5.41, 5.74) is 1.46. The highest BCUT2D eigenvalue weighted by molar-refractivity contribution is 9.10. The molecule has 2 N–H and O–H groups in total. The molecule has 1 aromatic heterocycles. The maximum Gasteiger partial charge on any atom is 0.228 e. The van der Waals surface area contributed by atoms with Crippen molar-refractivity contribution >= 4 is 37.5 Å². The Morgan fingerprint density at radius 3 is 2.72 bits per heavy atom. The van der Waals surface area contributed by atoms with Gasteiger partial charge in [0.2, 0.25) is 15.9 Å². The zero-order chi connectivity index (χ0) is 13.5. The van der Waals surface area contributed by atoms with Crippen LogP contribution in [0.4, 0.5) is 5.69 Å². The third kappa shape index (κ3) is 2.55. The van der Waals surface area contributed by atoms with Crippen LogP contribution < -0.4 is 10.0 Å². The van der Waals surface area contributed by atoms with E-state index in [1.54, 1.807) is 6.07 Å². The smallest absolute Gasteiger partial charge is 0.228 e. The summed E-state index contributed by atoms with van der Waals surface area (Å²) in [7, 11) is -3.69. The summed E-state index contributed by atoms with van der Waals surface area (Å²) in [5, 5.41) is 4.23. The van der Waals surface area contributed by atoms with Crippen molar-refractivity contribution in [1.29, 1.82) is 0 Å². The third-order valence-corrected chi connectivity index (χ3v) is 4.94. The highest BCUT2D eigenvalue weighted by Gasteiger charge is 2.37. The molecule has 2 heterocycles. The number of amides is 1. The lowest BCUT2D eigenvalue weighted by molar-refractivity contribution is -0.117. The number of anilines is 1. The molecule has 1 saturated heterocycles. The number of pyridine rings is 1. The number of hydrogen-bond donors (Lipinski definition) is 1. The number of carbonyl (C=O) groups is 1. The number of sulfonamides is 1. The highest BCUT2D eigenvalue weighted by atomic mass is 79.9. The largest absolute Gasteiger partial charge is 0.309 e. The summed E-state index contributed by atoms with van der Waals surface area (Å²) in [6.07, 6.45) is 1.45. The summed E-state index contributed by atoms with van der Waals surface area (Å²) in [6, 6.07) is 1.78. The van der Waals surface area contributed by atoms with Crippen molar-refractivity contribution in [3.63, 3.8) is 0 Å². The van der Waals surface area contributed by atoms with Gasteiger partial charge in [-0.3, -0.25) is 4.79 Å². The Bertz CT molecular complexity index is 602. The van der Waals surface area contributed by atoms with Gasteiger partial charge in [-0.15, -0.1) is 0 Å². The Kier molecular flexibility index (Phi) is 3.43. The van der Waals surface area contributed by atoms with Crippen LogP contribution in [0.25, 0.3) is 0 Å². The fourth-order valence-electron chi connectivity index (χ4n) is 1.84. The Labute approximate surface area is 113 Å². The Balaban J connectivity index is 2.30. The molecule has 0 aromatic carbocycles. The van der Waals surface area contributed by atoms with Gasteiger partial charge >= 0.3 is 0 Å². The molecule has 0 radical (unpaired) electrons. The normalized spacial score (nSPS) is 20.5. The van der Waals surface area contributed by atoms with Gasteiger partial charge in [0.1, 0.15) is 9.85 Å². The van der Waals surface area contributed by atoms with Crippen LogP contribution in [0.15, 0.2) is 16.9 Å². The number of halogens is 1. The Morgan fingerprint density at radius 1 is 1.56 bits per heavy atom. The van der Waals surface area contributed by atoms with Crippen LogP contribution >= 0.6 is 15.9 Å². The third-order valence-electron chi connectivity index (χ3n) is 2.87. The van der Waals surface area contributed by atoms with E-state index in [2.05, 4.69) is 20.9 Å². The van der Waals surface area contributed by atoms with Crippen LogP contribution in [-0.4, -0.2) is 31.1 Å². The fourth-order valence-corrected chi connectivity index (χ4v) is 2.78. The van der Waals surface area contributed by atoms with Gasteiger partial charge in [0.25, 0.3) is 0 Å². The minimum absolute atomic E-state index is 0.0755. The number of nitrogens with zero attached hydrogens (tertiary/aromatic N) is 2. The van der Waals surface area contributed by atoms with E-state index in [1.807, 2.05) is 6.92 Å². The fraction of sp³-hybridized carbons (Fsp3) is 0.400. The second-order valence-corrected chi connectivity index (χ2v) is 6.82. The van der Waals surface area contributed by atoms with Crippen LogP contribution in [0.1, 0.15) is 12.0 Å². The summed E-state index contributed by atoms with van der Waals surface area (Å²) >= 11 is 3.27. The maximum absolute atomic E-state index is 11.8. The molecule has 1 aliphatic heterocycles. The second kappa shape index (κ2) is 4.60. The van der Waals surface area contributed by atoms with Crippen molar-refractivity contribution in [1.82, 2.24) is 4.98 Å². The molecule has 18 heavy (non-hydrogen) atoms. The minimum Gasteiger partial charge on any atom is -0.309 e. The van der Waals surface area contributed by atoms with Gasteiger partial charge in [-0.2, -0.15) is 0 Å². The van der Waals surface area contributed by atoms with Crippen molar-refractivity contribution < 1.29 is 13.2 Å². The van der Waals surface area contributed by atoms with Gasteiger partial charge in [-0.25, -0.2) is 18.5 Å². The number of aromatic nitrogens is 1. The SMILES string of the molecule is Cc1cc(N2CC(S(N)(=O)=O)CC2=O)cnc1Br. The molecule has 6 nitrogen and oxygen atoms in total. The lowest BCUT2D eigenvalue weighted by Crippen LogP contribution is -2.32. The molecule has 1 amide bonds. The van der Waals surface area contributed by atoms with E-state index in [9.17, 15) is 13.2 Å². The van der Waals surface area contributed by atoms with Gasteiger partial charge in [0.15, 0.2) is 0 Å². The number of carbonyl (C=O) groups excluding carboxylic acids is 1. The van der Waals surface area contributed by atoms with Crippen molar-refractivity contribution in [2.75, 3.05) is 11.4 Å². The molecule has 1 atom stereocenters. The number of primary sulfonamides is 1. The topological polar surface area (TPSA) is 93.4 Å². The molecule has 0 bridgehead atoms. The Morgan fingerprint density at radius 2 is 2.22 bits per heavy atom. The zero-order valence-electron chi connectivity index (χ0n) is 9.63. The van der Waals surface area contributed by atoms with Crippen LogP contribution in [0.3, 0.4) is 0 Å². The van der Waals surface area contributed by atoms with Gasteiger partial charge in [-0.05, 0) is 34.5 Å². The predicted molar refractivity (Wildman–Crippen MR) is 70.5 cm³/mol. The predicted octanol–water partition coefficient (Wildman–Crippen LogP) is 0.546. The molecule has 0 aliphatic carbocycles. The number of rotatable bonds is 2. The van der Waals surface area contributed by atoms with E-state index in [4.69, 9.17) is 5.14 Å². The van der Waals surface area contributed by atoms with E-state index < -0.39 is 15.3 Å². The van der Waals surface area contributed by atoms with Crippen LogP contribution in [0.5, 0.6) is 0 Å². The molecule has 1 aliphatic rings. The molecule has 1 unspecified atom stereocenters. The maximum atomic E-state index is 11.8. The molecule has 1 aromatic rings. The first-order chi connectivity index (χ1) is 8.29. The first-order valence-electron chi connectivity index (χ1n) is 5.23.